The van der Waals surface area contributed by atoms with Gasteiger partial charge in [-0.3, -0.25) is 4.79 Å². The quantitative estimate of drug-likeness (QED) is 0.672. The maximum Gasteiger partial charge on any atom is 0.338 e. The number of para-hydroxylation sites is 1. The maximum absolute atomic E-state index is 12.5. The van der Waals surface area contributed by atoms with Crippen molar-refractivity contribution >= 4 is 16.9 Å². The van der Waals surface area contributed by atoms with Gasteiger partial charge in [-0.1, -0.05) is 12.1 Å². The van der Waals surface area contributed by atoms with Gasteiger partial charge in [0.15, 0.2) is 23.4 Å². The van der Waals surface area contributed by atoms with Crippen molar-refractivity contribution in [2.75, 3.05) is 13.7 Å². The number of ether oxygens (including phenoxy) is 3. The first-order valence-corrected chi connectivity index (χ1v) is 8.54. The zero-order valence-corrected chi connectivity index (χ0v) is 15.3. The highest BCUT2D eigenvalue weighted by molar-refractivity contribution is 5.90. The molecular weight excluding hydrogens is 348 g/mol. The highest BCUT2D eigenvalue weighted by Gasteiger charge is 2.18. The highest BCUT2D eigenvalue weighted by Crippen LogP contribution is 2.29. The van der Waals surface area contributed by atoms with E-state index < -0.39 is 12.1 Å². The van der Waals surface area contributed by atoms with Crippen LogP contribution >= 0.6 is 0 Å². The van der Waals surface area contributed by atoms with Crippen LogP contribution in [0.5, 0.6) is 11.5 Å². The number of hydrogen-bond acceptors (Lipinski definition) is 6. The molecular formula is C20H20N2O5. The molecule has 1 atom stereocenters. The number of rotatable bonds is 6. The minimum absolute atomic E-state index is 0.276. The zero-order valence-electron chi connectivity index (χ0n) is 15.3. The molecule has 0 spiro atoms. The van der Waals surface area contributed by atoms with Crippen LogP contribution in [0.2, 0.25) is 0 Å². The van der Waals surface area contributed by atoms with Gasteiger partial charge in [0, 0.05) is 0 Å². The van der Waals surface area contributed by atoms with E-state index in [-0.39, 0.29) is 11.4 Å². The van der Waals surface area contributed by atoms with Crippen LogP contribution in [-0.4, -0.2) is 29.7 Å². The minimum atomic E-state index is -0.729. The van der Waals surface area contributed by atoms with E-state index in [9.17, 15) is 9.59 Å². The summed E-state index contributed by atoms with van der Waals surface area (Å²) in [5.41, 5.74) is 0.582. The van der Waals surface area contributed by atoms with Crippen LogP contribution in [0.25, 0.3) is 10.9 Å². The van der Waals surface area contributed by atoms with Gasteiger partial charge in [-0.25, -0.2) is 9.78 Å². The molecule has 0 bridgehead atoms. The van der Waals surface area contributed by atoms with E-state index in [1.807, 2.05) is 6.92 Å². The Morgan fingerprint density at radius 3 is 2.70 bits per heavy atom. The van der Waals surface area contributed by atoms with Crippen LogP contribution in [0.15, 0.2) is 47.3 Å². The molecule has 1 heterocycles. The second-order valence-corrected chi connectivity index (χ2v) is 5.81. The van der Waals surface area contributed by atoms with Gasteiger partial charge in [0.2, 0.25) is 0 Å². The molecule has 0 saturated carbocycles. The molecule has 0 amide bonds. The average Bonchev–Trinajstić information content (AvgIpc) is 2.68. The van der Waals surface area contributed by atoms with Gasteiger partial charge in [0.1, 0.15) is 0 Å². The fourth-order valence-electron chi connectivity index (χ4n) is 2.65. The molecule has 1 N–H and O–H groups in total. The van der Waals surface area contributed by atoms with Gasteiger partial charge < -0.3 is 19.2 Å². The number of benzene rings is 2. The topological polar surface area (TPSA) is 90.5 Å². The Hall–Kier alpha value is -3.35. The molecule has 2 aromatic carbocycles. The van der Waals surface area contributed by atoms with Gasteiger partial charge in [-0.15, -0.1) is 0 Å². The van der Waals surface area contributed by atoms with Crippen molar-refractivity contribution in [2.24, 2.45) is 0 Å². The minimum Gasteiger partial charge on any atom is -0.493 e. The lowest BCUT2D eigenvalue weighted by atomic mass is 10.2. The molecule has 27 heavy (non-hydrogen) atoms. The van der Waals surface area contributed by atoms with Crippen LogP contribution in [0.3, 0.4) is 0 Å². The standard InChI is InChI=1S/C20H20N2O5/c1-4-26-17-11-13(9-10-16(17)25-3)20(24)27-12(2)18-21-15-8-6-5-7-14(15)19(23)22-18/h5-12H,4H2,1-3H3,(H,21,22,23)/t12-/m0/s1. The van der Waals surface area contributed by atoms with E-state index >= 15 is 0 Å². The van der Waals surface area contributed by atoms with Crippen molar-refractivity contribution in [2.45, 2.75) is 20.0 Å². The summed E-state index contributed by atoms with van der Waals surface area (Å²) in [6, 6.07) is 11.8. The van der Waals surface area contributed by atoms with E-state index in [1.54, 1.807) is 49.4 Å². The monoisotopic (exact) mass is 368 g/mol. The molecule has 140 valence electrons. The number of methoxy groups -OCH3 is 1. The number of hydrogen-bond donors (Lipinski definition) is 1. The molecule has 0 aliphatic rings. The fraction of sp³-hybridized carbons (Fsp3) is 0.250. The molecule has 0 aliphatic heterocycles. The third-order valence-corrected chi connectivity index (χ3v) is 4.00. The summed E-state index contributed by atoms with van der Waals surface area (Å²) in [7, 11) is 1.53. The van der Waals surface area contributed by atoms with Crippen molar-refractivity contribution in [3.05, 3.63) is 64.2 Å². The predicted octanol–water partition coefficient (Wildman–Crippen LogP) is 3.25. The Morgan fingerprint density at radius 2 is 1.96 bits per heavy atom. The maximum atomic E-state index is 12.5. The van der Waals surface area contributed by atoms with Gasteiger partial charge in [0.25, 0.3) is 5.56 Å². The number of nitrogens with one attached hydrogen (secondary N) is 1. The van der Waals surface area contributed by atoms with Gasteiger partial charge in [-0.2, -0.15) is 0 Å². The smallest absolute Gasteiger partial charge is 0.338 e. The summed E-state index contributed by atoms with van der Waals surface area (Å²) < 4.78 is 16.2. The summed E-state index contributed by atoms with van der Waals surface area (Å²) in [5, 5.41) is 0.483. The van der Waals surface area contributed by atoms with Crippen molar-refractivity contribution in [1.29, 1.82) is 0 Å². The Balaban J connectivity index is 1.83. The van der Waals surface area contributed by atoms with E-state index in [4.69, 9.17) is 14.2 Å². The lowest BCUT2D eigenvalue weighted by Gasteiger charge is -2.14. The first-order chi connectivity index (χ1) is 13.0. The molecule has 7 nitrogen and oxygen atoms in total. The lowest BCUT2D eigenvalue weighted by Crippen LogP contribution is -2.17. The van der Waals surface area contributed by atoms with Crippen LogP contribution in [0.1, 0.15) is 36.1 Å². The Morgan fingerprint density at radius 1 is 1.19 bits per heavy atom. The summed E-state index contributed by atoms with van der Waals surface area (Å²) in [6.07, 6.45) is -0.729. The van der Waals surface area contributed by atoms with Crippen LogP contribution in [-0.2, 0) is 4.74 Å². The number of carbonyl (C=O) groups excluding carboxylic acids is 1. The summed E-state index contributed by atoms with van der Waals surface area (Å²) in [5.74, 6) is 0.717. The zero-order chi connectivity index (χ0) is 19.4. The van der Waals surface area contributed by atoms with Crippen LogP contribution < -0.4 is 15.0 Å². The molecule has 0 radical (unpaired) electrons. The molecule has 0 fully saturated rings. The summed E-state index contributed by atoms with van der Waals surface area (Å²) in [6.45, 7) is 3.93. The first-order valence-electron chi connectivity index (χ1n) is 8.54. The number of carbonyl (C=O) groups is 1. The van der Waals surface area contributed by atoms with E-state index in [0.717, 1.165) is 0 Å². The SMILES string of the molecule is CCOc1cc(C(=O)O[C@@H](C)c2nc3ccccc3c(=O)[nH]2)ccc1OC. The highest BCUT2D eigenvalue weighted by atomic mass is 16.5. The van der Waals surface area contributed by atoms with Gasteiger partial charge >= 0.3 is 5.97 Å². The molecule has 0 saturated heterocycles. The molecule has 3 rings (SSSR count). The number of fused-ring (bicyclic) bond motifs is 1. The second kappa shape index (κ2) is 7.90. The number of H-pyrrole nitrogens is 1. The Bertz CT molecular complexity index is 1030. The van der Waals surface area contributed by atoms with Crippen LogP contribution in [0, 0.1) is 0 Å². The van der Waals surface area contributed by atoms with Crippen molar-refractivity contribution in [3.63, 3.8) is 0 Å². The average molecular weight is 368 g/mol. The second-order valence-electron chi connectivity index (χ2n) is 5.81. The third-order valence-electron chi connectivity index (χ3n) is 4.00. The number of esters is 1. The number of nitrogens with zero attached hydrogens (tertiary/aromatic N) is 1. The largest absolute Gasteiger partial charge is 0.493 e. The van der Waals surface area contributed by atoms with E-state index in [2.05, 4.69) is 9.97 Å². The van der Waals surface area contributed by atoms with Crippen LogP contribution in [0.4, 0.5) is 0 Å². The van der Waals surface area contributed by atoms with E-state index in [1.165, 1.54) is 7.11 Å². The van der Waals surface area contributed by atoms with Crippen molar-refractivity contribution in [3.8, 4) is 11.5 Å². The van der Waals surface area contributed by atoms with E-state index in [0.29, 0.717) is 34.6 Å². The van der Waals surface area contributed by atoms with Gasteiger partial charge in [0.05, 0.1) is 30.2 Å². The fourth-order valence-corrected chi connectivity index (χ4v) is 2.65. The molecule has 0 aliphatic carbocycles. The Labute approximate surface area is 155 Å². The molecule has 3 aromatic rings. The normalized spacial score (nSPS) is 11.8. The van der Waals surface area contributed by atoms with Gasteiger partial charge in [-0.05, 0) is 44.2 Å². The molecule has 7 heteroatoms. The Kier molecular flexibility index (Phi) is 5.40. The third kappa shape index (κ3) is 3.92. The number of aromatic nitrogens is 2. The summed E-state index contributed by atoms with van der Waals surface area (Å²) >= 11 is 0. The van der Waals surface area contributed by atoms with Crippen molar-refractivity contribution < 1.29 is 19.0 Å². The molecule has 1 aromatic heterocycles. The number of aromatic amines is 1. The molecule has 0 unspecified atom stereocenters. The summed E-state index contributed by atoms with van der Waals surface area (Å²) in [4.78, 5) is 31.7. The first kappa shape index (κ1) is 18.4. The predicted molar refractivity (Wildman–Crippen MR) is 100 cm³/mol. The lowest BCUT2D eigenvalue weighted by molar-refractivity contribution is 0.0319. The van der Waals surface area contributed by atoms with Crippen molar-refractivity contribution in [1.82, 2.24) is 9.97 Å².